The third-order valence-electron chi connectivity index (χ3n) is 5.53. The number of hydrogen-bond acceptors (Lipinski definition) is 4. The first-order valence-corrected chi connectivity index (χ1v) is 10.0. The van der Waals surface area contributed by atoms with Crippen LogP contribution in [0.2, 0.25) is 0 Å². The van der Waals surface area contributed by atoms with Crippen molar-refractivity contribution in [2.75, 3.05) is 5.32 Å². The summed E-state index contributed by atoms with van der Waals surface area (Å²) in [6.45, 7) is 0. The van der Waals surface area contributed by atoms with E-state index < -0.39 is 0 Å². The lowest BCUT2D eigenvalue weighted by Gasteiger charge is -2.23. The van der Waals surface area contributed by atoms with E-state index in [9.17, 15) is 0 Å². The number of anilines is 1. The Bertz CT molecular complexity index is 1070. The lowest BCUT2D eigenvalue weighted by molar-refractivity contribution is 0.462. The van der Waals surface area contributed by atoms with E-state index in [2.05, 4.69) is 51.7 Å². The molecule has 2 aromatic heterocycles. The molecule has 4 aromatic rings. The van der Waals surface area contributed by atoms with E-state index >= 15 is 0 Å². The molecule has 1 aliphatic carbocycles. The van der Waals surface area contributed by atoms with Crippen LogP contribution in [0.5, 0.6) is 0 Å². The van der Waals surface area contributed by atoms with E-state index in [1.54, 1.807) is 6.33 Å². The van der Waals surface area contributed by atoms with E-state index in [0.29, 0.717) is 11.8 Å². The number of rotatable bonds is 4. The number of benzene rings is 2. The topological polar surface area (TPSA) is 51.0 Å². The Labute approximate surface area is 164 Å². The van der Waals surface area contributed by atoms with Gasteiger partial charge in [-0.05, 0) is 18.4 Å². The largest absolute Gasteiger partial charge is 0.437 e. The Kier molecular flexibility index (Phi) is 4.53. The average molecular weight is 369 g/mol. The summed E-state index contributed by atoms with van der Waals surface area (Å²) in [6.07, 6.45) is 7.86. The molecule has 1 fully saturated rings. The monoisotopic (exact) mass is 369 g/mol. The first-order valence-electron chi connectivity index (χ1n) is 10.0. The molecule has 0 aliphatic heterocycles. The Morgan fingerprint density at radius 2 is 1.46 bits per heavy atom. The van der Waals surface area contributed by atoms with Crippen LogP contribution in [0.25, 0.3) is 33.6 Å². The summed E-state index contributed by atoms with van der Waals surface area (Å²) in [6, 6.07) is 21.1. The molecule has 5 rings (SSSR count). The van der Waals surface area contributed by atoms with Crippen LogP contribution >= 0.6 is 0 Å². The van der Waals surface area contributed by atoms with Gasteiger partial charge in [-0.1, -0.05) is 79.9 Å². The first-order chi connectivity index (χ1) is 13.9. The normalized spacial score (nSPS) is 15.0. The second-order valence-corrected chi connectivity index (χ2v) is 7.42. The van der Waals surface area contributed by atoms with Gasteiger partial charge in [0.15, 0.2) is 0 Å². The molecule has 1 N–H and O–H groups in total. The van der Waals surface area contributed by atoms with Crippen LogP contribution < -0.4 is 5.32 Å². The molecule has 140 valence electrons. The van der Waals surface area contributed by atoms with Gasteiger partial charge in [0, 0.05) is 17.2 Å². The zero-order chi connectivity index (χ0) is 18.8. The van der Waals surface area contributed by atoms with Crippen molar-refractivity contribution in [3.63, 3.8) is 0 Å². The molecule has 4 heteroatoms. The number of nitrogens with one attached hydrogen (secondary N) is 1. The summed E-state index contributed by atoms with van der Waals surface area (Å²) < 4.78 is 6.28. The van der Waals surface area contributed by atoms with E-state index in [-0.39, 0.29) is 0 Å². The van der Waals surface area contributed by atoms with Crippen molar-refractivity contribution in [2.45, 2.75) is 38.1 Å². The molecule has 4 nitrogen and oxygen atoms in total. The van der Waals surface area contributed by atoms with Gasteiger partial charge in [0.05, 0.1) is 5.39 Å². The van der Waals surface area contributed by atoms with Gasteiger partial charge < -0.3 is 9.73 Å². The lowest BCUT2D eigenvalue weighted by atomic mass is 9.95. The molecule has 0 bridgehead atoms. The predicted octanol–water partition coefficient (Wildman–Crippen LogP) is 6.30. The first kappa shape index (κ1) is 17.0. The minimum absolute atomic E-state index is 0.463. The Hall–Kier alpha value is -3.14. The van der Waals surface area contributed by atoms with Crippen LogP contribution in [-0.4, -0.2) is 16.0 Å². The molecule has 1 saturated carbocycles. The van der Waals surface area contributed by atoms with Gasteiger partial charge in [-0.25, -0.2) is 9.97 Å². The van der Waals surface area contributed by atoms with Gasteiger partial charge in [0.2, 0.25) is 5.71 Å². The maximum Gasteiger partial charge on any atom is 0.232 e. The molecule has 0 amide bonds. The van der Waals surface area contributed by atoms with Gasteiger partial charge in [-0.3, -0.25) is 0 Å². The highest BCUT2D eigenvalue weighted by atomic mass is 16.3. The molecule has 2 heterocycles. The molecule has 0 radical (unpaired) electrons. The van der Waals surface area contributed by atoms with Gasteiger partial charge in [-0.2, -0.15) is 0 Å². The van der Waals surface area contributed by atoms with Gasteiger partial charge >= 0.3 is 0 Å². The van der Waals surface area contributed by atoms with Crippen molar-refractivity contribution in [3.8, 4) is 22.5 Å². The molecular formula is C24H23N3O. The fourth-order valence-electron chi connectivity index (χ4n) is 4.16. The van der Waals surface area contributed by atoms with Crippen LogP contribution in [0, 0.1) is 0 Å². The zero-order valence-corrected chi connectivity index (χ0v) is 15.8. The lowest BCUT2D eigenvalue weighted by Crippen LogP contribution is -2.23. The molecule has 0 saturated heterocycles. The van der Waals surface area contributed by atoms with Crippen molar-refractivity contribution in [3.05, 3.63) is 67.0 Å². The molecule has 1 aliphatic rings. The summed E-state index contributed by atoms with van der Waals surface area (Å²) in [5, 5.41) is 4.66. The summed E-state index contributed by atoms with van der Waals surface area (Å²) in [5.41, 5.74) is 3.84. The van der Waals surface area contributed by atoms with Crippen molar-refractivity contribution < 1.29 is 4.42 Å². The SMILES string of the molecule is c1ccc(-c2oc3ncnc(NC4CCCCC4)c3c2-c2ccccc2)cc1. The predicted molar refractivity (Wildman–Crippen MR) is 113 cm³/mol. The minimum atomic E-state index is 0.463. The van der Waals surface area contributed by atoms with Crippen molar-refractivity contribution in [2.24, 2.45) is 0 Å². The molecule has 0 unspecified atom stereocenters. The highest BCUT2D eigenvalue weighted by Crippen LogP contribution is 2.42. The second-order valence-electron chi connectivity index (χ2n) is 7.42. The smallest absolute Gasteiger partial charge is 0.232 e. The van der Waals surface area contributed by atoms with Crippen molar-refractivity contribution in [1.82, 2.24) is 9.97 Å². The van der Waals surface area contributed by atoms with Crippen LogP contribution in [-0.2, 0) is 0 Å². The quantitative estimate of drug-likeness (QED) is 0.458. The summed E-state index contributed by atoms with van der Waals surface area (Å²) >= 11 is 0. The highest BCUT2D eigenvalue weighted by molar-refractivity contribution is 6.05. The van der Waals surface area contributed by atoms with E-state index in [1.165, 1.54) is 32.1 Å². The standard InChI is InChI=1S/C24H23N3O/c1-4-10-17(11-5-1)20-21-23(27-19-14-8-3-9-15-19)25-16-26-24(21)28-22(20)18-12-6-2-7-13-18/h1-2,4-7,10-13,16,19H,3,8-9,14-15H2,(H,25,26,27). The zero-order valence-electron chi connectivity index (χ0n) is 15.8. The summed E-state index contributed by atoms with van der Waals surface area (Å²) in [7, 11) is 0. The summed E-state index contributed by atoms with van der Waals surface area (Å²) in [4.78, 5) is 9.06. The van der Waals surface area contributed by atoms with E-state index in [1.807, 2.05) is 24.3 Å². The van der Waals surface area contributed by atoms with Gasteiger partial charge in [0.1, 0.15) is 17.9 Å². The number of aromatic nitrogens is 2. The molecule has 0 spiro atoms. The maximum absolute atomic E-state index is 6.28. The summed E-state index contributed by atoms with van der Waals surface area (Å²) in [5.74, 6) is 1.72. The number of fused-ring (bicyclic) bond motifs is 1. The third-order valence-corrected chi connectivity index (χ3v) is 5.53. The molecule has 0 atom stereocenters. The second kappa shape index (κ2) is 7.47. The maximum atomic E-state index is 6.28. The Balaban J connectivity index is 1.71. The van der Waals surface area contributed by atoms with E-state index in [4.69, 9.17) is 4.42 Å². The third kappa shape index (κ3) is 3.15. The fraction of sp³-hybridized carbons (Fsp3) is 0.250. The number of hydrogen-bond donors (Lipinski definition) is 1. The highest BCUT2D eigenvalue weighted by Gasteiger charge is 2.23. The molecule has 2 aromatic carbocycles. The number of nitrogens with zero attached hydrogens (tertiary/aromatic N) is 2. The Morgan fingerprint density at radius 1 is 0.786 bits per heavy atom. The van der Waals surface area contributed by atoms with Crippen molar-refractivity contribution in [1.29, 1.82) is 0 Å². The number of furan rings is 1. The van der Waals surface area contributed by atoms with Gasteiger partial charge in [-0.15, -0.1) is 0 Å². The minimum Gasteiger partial charge on any atom is -0.437 e. The van der Waals surface area contributed by atoms with E-state index in [0.717, 1.165) is 33.7 Å². The molecular weight excluding hydrogens is 346 g/mol. The van der Waals surface area contributed by atoms with Crippen LogP contribution in [0.4, 0.5) is 5.82 Å². The average Bonchev–Trinajstić information content (AvgIpc) is 3.16. The van der Waals surface area contributed by atoms with Crippen LogP contribution in [0.15, 0.2) is 71.4 Å². The molecule has 28 heavy (non-hydrogen) atoms. The van der Waals surface area contributed by atoms with Crippen LogP contribution in [0.1, 0.15) is 32.1 Å². The van der Waals surface area contributed by atoms with Crippen molar-refractivity contribution >= 4 is 16.9 Å². The van der Waals surface area contributed by atoms with Gasteiger partial charge in [0.25, 0.3) is 0 Å². The van der Waals surface area contributed by atoms with Crippen LogP contribution in [0.3, 0.4) is 0 Å². The Morgan fingerprint density at radius 3 is 2.18 bits per heavy atom. The fourth-order valence-corrected chi connectivity index (χ4v) is 4.16.